The van der Waals surface area contributed by atoms with Gasteiger partial charge in [0.05, 0.1) is 5.92 Å². The number of hydrogen-bond donors (Lipinski definition) is 2. The monoisotopic (exact) mass is 366 g/mol. The molecule has 0 saturated carbocycles. The molecule has 1 atom stereocenters. The Hall–Kier alpha value is -1.95. The van der Waals surface area contributed by atoms with Crippen molar-refractivity contribution in [1.29, 1.82) is 0 Å². The first-order valence-corrected chi connectivity index (χ1v) is 8.75. The van der Waals surface area contributed by atoms with E-state index in [1.54, 1.807) is 6.07 Å². The van der Waals surface area contributed by atoms with E-state index in [1.807, 2.05) is 28.9 Å². The summed E-state index contributed by atoms with van der Waals surface area (Å²) in [5, 5.41) is 2.98. The highest BCUT2D eigenvalue weighted by Gasteiger charge is 2.31. The van der Waals surface area contributed by atoms with Crippen LogP contribution in [-0.2, 0) is 4.79 Å². The summed E-state index contributed by atoms with van der Waals surface area (Å²) in [6.45, 7) is 4.88. The molecule has 0 spiro atoms. The minimum absolute atomic E-state index is 0. The highest BCUT2D eigenvalue weighted by atomic mass is 35.5. The number of urea groups is 1. The lowest BCUT2D eigenvalue weighted by Crippen LogP contribution is -2.48. The van der Waals surface area contributed by atoms with Gasteiger partial charge in [-0.25, -0.2) is 4.79 Å². The lowest BCUT2D eigenvalue weighted by molar-refractivity contribution is -0.121. The maximum atomic E-state index is 12.6. The first kappa shape index (κ1) is 19.4. The molecule has 3 N–H and O–H groups in total. The van der Waals surface area contributed by atoms with Crippen LogP contribution in [0, 0.1) is 12.8 Å². The average Bonchev–Trinajstić information content (AvgIpc) is 3.12. The van der Waals surface area contributed by atoms with Crippen molar-refractivity contribution in [2.75, 3.05) is 37.2 Å². The third-order valence-electron chi connectivity index (χ3n) is 4.96. The molecule has 0 aliphatic carbocycles. The molecule has 2 saturated heterocycles. The highest BCUT2D eigenvalue weighted by Crippen LogP contribution is 2.23. The zero-order chi connectivity index (χ0) is 17.1. The zero-order valence-corrected chi connectivity index (χ0v) is 15.5. The third kappa shape index (κ3) is 4.57. The number of carbonyl (C=O) groups is 2. The van der Waals surface area contributed by atoms with Gasteiger partial charge >= 0.3 is 6.03 Å². The Morgan fingerprint density at radius 1 is 1.12 bits per heavy atom. The number of likely N-dealkylation sites (tertiary alicyclic amines) is 2. The van der Waals surface area contributed by atoms with Crippen LogP contribution in [0.5, 0.6) is 0 Å². The molecule has 0 bridgehead atoms. The highest BCUT2D eigenvalue weighted by molar-refractivity contribution is 5.94. The predicted molar refractivity (Wildman–Crippen MR) is 102 cm³/mol. The van der Waals surface area contributed by atoms with E-state index >= 15 is 0 Å². The van der Waals surface area contributed by atoms with Gasteiger partial charge in [-0.3, -0.25) is 4.79 Å². The summed E-state index contributed by atoms with van der Waals surface area (Å²) in [7, 11) is 0. The van der Waals surface area contributed by atoms with E-state index in [1.165, 1.54) is 0 Å². The van der Waals surface area contributed by atoms with Crippen LogP contribution >= 0.6 is 12.4 Å². The van der Waals surface area contributed by atoms with E-state index in [-0.39, 0.29) is 30.3 Å². The molecule has 1 aromatic carbocycles. The van der Waals surface area contributed by atoms with E-state index < -0.39 is 0 Å². The Balaban J connectivity index is 0.00000225. The second-order valence-electron chi connectivity index (χ2n) is 6.83. The lowest BCUT2D eigenvalue weighted by atomic mass is 9.97. The number of nitrogens with zero attached hydrogens (tertiary/aromatic N) is 2. The summed E-state index contributed by atoms with van der Waals surface area (Å²) in [6, 6.07) is 5.59. The molecule has 2 aliphatic heterocycles. The van der Waals surface area contributed by atoms with E-state index in [9.17, 15) is 9.59 Å². The fourth-order valence-corrected chi connectivity index (χ4v) is 3.48. The molecule has 3 rings (SSSR count). The first-order chi connectivity index (χ1) is 11.5. The van der Waals surface area contributed by atoms with Crippen LogP contribution in [0.2, 0.25) is 0 Å². The van der Waals surface area contributed by atoms with E-state index in [4.69, 9.17) is 5.73 Å². The maximum absolute atomic E-state index is 12.6. The third-order valence-corrected chi connectivity index (χ3v) is 4.96. The molecule has 1 aromatic rings. The number of amides is 3. The zero-order valence-electron chi connectivity index (χ0n) is 14.7. The Labute approximate surface area is 155 Å². The van der Waals surface area contributed by atoms with Crippen LogP contribution in [0.15, 0.2) is 18.2 Å². The van der Waals surface area contributed by atoms with Gasteiger partial charge in [0.25, 0.3) is 0 Å². The van der Waals surface area contributed by atoms with Crippen molar-refractivity contribution in [3.63, 3.8) is 0 Å². The van der Waals surface area contributed by atoms with Crippen molar-refractivity contribution < 1.29 is 9.59 Å². The molecule has 2 fully saturated rings. The van der Waals surface area contributed by atoms with Gasteiger partial charge in [-0.1, -0.05) is 6.07 Å². The smallest absolute Gasteiger partial charge is 0.320 e. The standard InChI is InChI=1S/C18H26N4O2.ClH/c1-13-6-7-15(19)11-16(13)20-17(23)14-5-4-10-22(12-14)18(24)21-8-2-3-9-21;/h6-7,11,14H,2-5,8-10,12,19H2,1H3,(H,20,23);1H. The van der Waals surface area contributed by atoms with Crippen LogP contribution in [0.1, 0.15) is 31.2 Å². The van der Waals surface area contributed by atoms with Crippen LogP contribution in [-0.4, -0.2) is 47.9 Å². The van der Waals surface area contributed by atoms with Gasteiger partial charge in [-0.15, -0.1) is 12.4 Å². The second-order valence-corrected chi connectivity index (χ2v) is 6.83. The normalized spacial score (nSPS) is 20.1. The predicted octanol–water partition coefficient (Wildman–Crippen LogP) is 2.87. The molecular formula is C18H27ClN4O2. The minimum atomic E-state index is -0.161. The summed E-state index contributed by atoms with van der Waals surface area (Å²) in [4.78, 5) is 28.9. The topological polar surface area (TPSA) is 78.7 Å². The van der Waals surface area contributed by atoms with Gasteiger partial charge in [0.15, 0.2) is 0 Å². The summed E-state index contributed by atoms with van der Waals surface area (Å²) < 4.78 is 0. The van der Waals surface area contributed by atoms with Gasteiger partial charge < -0.3 is 20.9 Å². The Morgan fingerprint density at radius 3 is 2.52 bits per heavy atom. The molecular weight excluding hydrogens is 340 g/mol. The number of carbonyl (C=O) groups excluding carboxylic acids is 2. The van der Waals surface area contributed by atoms with E-state index in [2.05, 4.69) is 5.32 Å². The fourth-order valence-electron chi connectivity index (χ4n) is 3.48. The summed E-state index contributed by atoms with van der Waals surface area (Å²) in [5.41, 5.74) is 8.17. The second kappa shape index (κ2) is 8.43. The lowest BCUT2D eigenvalue weighted by Gasteiger charge is -2.34. The summed E-state index contributed by atoms with van der Waals surface area (Å²) >= 11 is 0. The summed E-state index contributed by atoms with van der Waals surface area (Å²) in [6.07, 6.45) is 3.85. The van der Waals surface area contributed by atoms with Gasteiger partial charge in [0, 0.05) is 37.6 Å². The van der Waals surface area contributed by atoms with Crippen molar-refractivity contribution in [3.05, 3.63) is 23.8 Å². The Morgan fingerprint density at radius 2 is 1.80 bits per heavy atom. The van der Waals surface area contributed by atoms with E-state index in [0.717, 1.165) is 56.6 Å². The Bertz CT molecular complexity index is 632. The number of halogens is 1. The molecule has 2 aliphatic rings. The number of rotatable bonds is 2. The fraction of sp³-hybridized carbons (Fsp3) is 0.556. The van der Waals surface area contributed by atoms with Gasteiger partial charge in [-0.05, 0) is 50.3 Å². The number of aryl methyl sites for hydroxylation is 1. The van der Waals surface area contributed by atoms with Crippen LogP contribution in [0.4, 0.5) is 16.2 Å². The molecule has 138 valence electrons. The maximum Gasteiger partial charge on any atom is 0.320 e. The molecule has 25 heavy (non-hydrogen) atoms. The number of anilines is 2. The number of nitrogen functional groups attached to an aromatic ring is 1. The summed E-state index contributed by atoms with van der Waals surface area (Å²) in [5.74, 6) is -0.186. The van der Waals surface area contributed by atoms with Crippen molar-refractivity contribution >= 4 is 35.7 Å². The van der Waals surface area contributed by atoms with Crippen molar-refractivity contribution in [2.24, 2.45) is 5.92 Å². The number of nitrogens with one attached hydrogen (secondary N) is 1. The number of hydrogen-bond acceptors (Lipinski definition) is 3. The first-order valence-electron chi connectivity index (χ1n) is 8.75. The molecule has 0 aromatic heterocycles. The molecule has 2 heterocycles. The Kier molecular flexibility index (Phi) is 6.53. The SMILES string of the molecule is Cc1ccc(N)cc1NC(=O)C1CCCN(C(=O)N2CCCC2)C1.Cl. The molecule has 7 heteroatoms. The van der Waals surface area contributed by atoms with Crippen molar-refractivity contribution in [3.8, 4) is 0 Å². The van der Waals surface area contributed by atoms with Crippen molar-refractivity contribution in [2.45, 2.75) is 32.6 Å². The van der Waals surface area contributed by atoms with Gasteiger partial charge in [0.2, 0.25) is 5.91 Å². The number of piperidine rings is 1. The molecule has 6 nitrogen and oxygen atoms in total. The van der Waals surface area contributed by atoms with Crippen LogP contribution < -0.4 is 11.1 Å². The van der Waals surface area contributed by atoms with Gasteiger partial charge in [-0.2, -0.15) is 0 Å². The average molecular weight is 367 g/mol. The number of nitrogens with two attached hydrogens (primary N) is 1. The minimum Gasteiger partial charge on any atom is -0.399 e. The van der Waals surface area contributed by atoms with Crippen LogP contribution in [0.3, 0.4) is 0 Å². The molecule has 3 amide bonds. The quantitative estimate of drug-likeness (QED) is 0.790. The van der Waals surface area contributed by atoms with Crippen molar-refractivity contribution in [1.82, 2.24) is 9.80 Å². The molecule has 0 radical (unpaired) electrons. The number of benzene rings is 1. The molecule has 1 unspecified atom stereocenters. The largest absolute Gasteiger partial charge is 0.399 e. The van der Waals surface area contributed by atoms with E-state index in [0.29, 0.717) is 12.2 Å². The van der Waals surface area contributed by atoms with Gasteiger partial charge in [0.1, 0.15) is 0 Å². The van der Waals surface area contributed by atoms with Crippen LogP contribution in [0.25, 0.3) is 0 Å².